The third-order valence-corrected chi connectivity index (χ3v) is 6.31. The molecule has 0 amide bonds. The maximum Gasteiger partial charge on any atom is 0.130 e. The fourth-order valence-corrected chi connectivity index (χ4v) is 4.25. The van der Waals surface area contributed by atoms with Crippen molar-refractivity contribution in [1.29, 1.82) is 0 Å². The zero-order valence-corrected chi connectivity index (χ0v) is 18.6. The average molecular weight is 425 g/mol. The van der Waals surface area contributed by atoms with E-state index in [9.17, 15) is 0 Å². The van der Waals surface area contributed by atoms with Crippen molar-refractivity contribution in [2.45, 2.75) is 19.8 Å². The number of imidazole rings is 1. The molecule has 162 valence electrons. The van der Waals surface area contributed by atoms with E-state index < -0.39 is 0 Å². The van der Waals surface area contributed by atoms with Crippen LogP contribution in [0.25, 0.3) is 27.7 Å². The molecule has 6 heteroatoms. The van der Waals surface area contributed by atoms with Crippen LogP contribution in [0, 0.1) is 5.92 Å². The zero-order valence-electron chi connectivity index (χ0n) is 18.6. The van der Waals surface area contributed by atoms with Crippen LogP contribution in [-0.4, -0.2) is 32.6 Å². The minimum atomic E-state index is 0.773. The molecular weight excluding hydrogens is 396 g/mol. The van der Waals surface area contributed by atoms with Gasteiger partial charge in [0.2, 0.25) is 0 Å². The molecule has 1 saturated heterocycles. The molecule has 32 heavy (non-hydrogen) atoms. The Morgan fingerprint density at radius 3 is 2.66 bits per heavy atom. The summed E-state index contributed by atoms with van der Waals surface area (Å²) < 4.78 is 2.02. The first-order valence-corrected chi connectivity index (χ1v) is 11.1. The molecule has 0 atom stereocenters. The number of piperidine rings is 1. The predicted molar refractivity (Wildman–Crippen MR) is 131 cm³/mol. The van der Waals surface area contributed by atoms with E-state index in [2.05, 4.69) is 69.0 Å². The fraction of sp³-hybridized carbons (Fsp3) is 0.269. The van der Waals surface area contributed by atoms with Crippen molar-refractivity contribution >= 4 is 28.1 Å². The van der Waals surface area contributed by atoms with Crippen LogP contribution in [0.4, 0.5) is 11.6 Å². The molecule has 1 aliphatic heterocycles. The van der Waals surface area contributed by atoms with Gasteiger partial charge in [0.15, 0.2) is 0 Å². The monoisotopic (exact) mass is 424 g/mol. The number of anilines is 2. The standard InChI is InChI=1S/C26H28N6/c1-18-7-10-32(11-8-18)26-14-20(6-9-28-26)19(2)30-25-13-23-12-21(4-5-22(23)15-29-25)24-16-27-17-31(24)3/h4-6,9,12-18H,2,7-8,10-11H2,1,3H3,(H,29,30). The van der Waals surface area contributed by atoms with Gasteiger partial charge in [0.05, 0.1) is 18.2 Å². The number of nitrogens with one attached hydrogen (secondary N) is 1. The van der Waals surface area contributed by atoms with Crippen LogP contribution in [0.15, 0.2) is 67.9 Å². The number of hydrogen-bond acceptors (Lipinski definition) is 5. The van der Waals surface area contributed by atoms with E-state index in [1.165, 1.54) is 12.8 Å². The second-order valence-electron chi connectivity index (χ2n) is 8.70. The first kappa shape index (κ1) is 20.2. The van der Waals surface area contributed by atoms with E-state index in [-0.39, 0.29) is 0 Å². The van der Waals surface area contributed by atoms with Gasteiger partial charge in [0.25, 0.3) is 0 Å². The molecule has 4 aromatic rings. The number of fused-ring (bicyclic) bond motifs is 1. The zero-order chi connectivity index (χ0) is 22.1. The van der Waals surface area contributed by atoms with Crippen molar-refractivity contribution in [3.05, 3.63) is 73.5 Å². The summed E-state index contributed by atoms with van der Waals surface area (Å²) in [6.07, 6.45) is 9.89. The number of benzene rings is 1. The van der Waals surface area contributed by atoms with Gasteiger partial charge in [-0.25, -0.2) is 15.0 Å². The Kier molecular flexibility index (Phi) is 5.35. The Hall–Kier alpha value is -3.67. The second kappa shape index (κ2) is 8.46. The smallest absolute Gasteiger partial charge is 0.130 e. The molecular formula is C26H28N6. The Labute approximate surface area is 188 Å². The van der Waals surface area contributed by atoms with Crippen molar-refractivity contribution in [1.82, 2.24) is 19.5 Å². The van der Waals surface area contributed by atoms with Crippen molar-refractivity contribution < 1.29 is 0 Å². The Balaban J connectivity index is 1.36. The topological polar surface area (TPSA) is 58.9 Å². The Bertz CT molecular complexity index is 1270. The molecule has 4 heterocycles. The molecule has 0 aliphatic carbocycles. The minimum Gasteiger partial charge on any atom is -0.357 e. The van der Waals surface area contributed by atoms with Gasteiger partial charge in [-0.05, 0) is 48.4 Å². The lowest BCUT2D eigenvalue weighted by Crippen LogP contribution is -2.33. The van der Waals surface area contributed by atoms with E-state index in [0.717, 1.165) is 63.9 Å². The number of hydrogen-bond donors (Lipinski definition) is 1. The third kappa shape index (κ3) is 4.08. The number of rotatable bonds is 5. The molecule has 0 radical (unpaired) electrons. The van der Waals surface area contributed by atoms with Gasteiger partial charge >= 0.3 is 0 Å². The van der Waals surface area contributed by atoms with Crippen molar-refractivity contribution in [2.24, 2.45) is 13.0 Å². The first-order chi connectivity index (χ1) is 15.6. The molecule has 0 saturated carbocycles. The van der Waals surface area contributed by atoms with Crippen LogP contribution in [0.5, 0.6) is 0 Å². The molecule has 3 aromatic heterocycles. The summed E-state index contributed by atoms with van der Waals surface area (Å²) in [5, 5.41) is 5.60. The molecule has 5 rings (SSSR count). The van der Waals surface area contributed by atoms with Gasteiger partial charge in [-0.1, -0.05) is 25.6 Å². The quantitative estimate of drug-likeness (QED) is 0.468. The maximum absolute atomic E-state index is 4.59. The lowest BCUT2D eigenvalue weighted by Gasteiger charge is -2.31. The molecule has 1 aliphatic rings. The summed E-state index contributed by atoms with van der Waals surface area (Å²) >= 11 is 0. The predicted octanol–water partition coefficient (Wildman–Crippen LogP) is 5.35. The molecule has 0 spiro atoms. The van der Waals surface area contributed by atoms with E-state index >= 15 is 0 Å². The summed E-state index contributed by atoms with van der Waals surface area (Å²) in [4.78, 5) is 15.8. The highest BCUT2D eigenvalue weighted by atomic mass is 15.2. The maximum atomic E-state index is 4.59. The molecule has 1 fully saturated rings. The number of aromatic nitrogens is 4. The fourth-order valence-electron chi connectivity index (χ4n) is 4.25. The highest BCUT2D eigenvalue weighted by Crippen LogP contribution is 2.27. The lowest BCUT2D eigenvalue weighted by atomic mass is 9.99. The Morgan fingerprint density at radius 1 is 1.03 bits per heavy atom. The summed E-state index contributed by atoms with van der Waals surface area (Å²) in [5.41, 5.74) is 4.05. The van der Waals surface area contributed by atoms with E-state index in [0.29, 0.717) is 0 Å². The van der Waals surface area contributed by atoms with Crippen LogP contribution in [-0.2, 0) is 7.05 Å². The third-order valence-electron chi connectivity index (χ3n) is 6.31. The average Bonchev–Trinajstić information content (AvgIpc) is 3.25. The highest BCUT2D eigenvalue weighted by Gasteiger charge is 2.17. The summed E-state index contributed by atoms with van der Waals surface area (Å²) in [6.45, 7) is 8.70. The van der Waals surface area contributed by atoms with Crippen molar-refractivity contribution in [3.8, 4) is 11.3 Å². The van der Waals surface area contributed by atoms with Gasteiger partial charge in [-0.15, -0.1) is 0 Å². The normalized spacial score (nSPS) is 14.6. The summed E-state index contributed by atoms with van der Waals surface area (Å²) in [5.74, 6) is 2.59. The minimum absolute atomic E-state index is 0.773. The molecule has 6 nitrogen and oxygen atoms in total. The number of pyridine rings is 2. The SMILES string of the molecule is C=C(Nc1cc2cc(-c3cncn3C)ccc2cn1)c1ccnc(N2CCC(C)CC2)c1. The van der Waals surface area contributed by atoms with Gasteiger partial charge < -0.3 is 14.8 Å². The van der Waals surface area contributed by atoms with Gasteiger partial charge in [-0.2, -0.15) is 0 Å². The van der Waals surface area contributed by atoms with E-state index in [1.54, 1.807) is 0 Å². The van der Waals surface area contributed by atoms with E-state index in [4.69, 9.17) is 0 Å². The summed E-state index contributed by atoms with van der Waals surface area (Å²) in [7, 11) is 2.00. The van der Waals surface area contributed by atoms with Crippen LogP contribution >= 0.6 is 0 Å². The van der Waals surface area contributed by atoms with E-state index in [1.807, 2.05) is 42.6 Å². The van der Waals surface area contributed by atoms with Crippen LogP contribution < -0.4 is 10.2 Å². The molecule has 1 aromatic carbocycles. The van der Waals surface area contributed by atoms with Crippen LogP contribution in [0.2, 0.25) is 0 Å². The van der Waals surface area contributed by atoms with Gasteiger partial charge in [0.1, 0.15) is 11.6 Å². The van der Waals surface area contributed by atoms with Crippen molar-refractivity contribution in [3.63, 3.8) is 0 Å². The largest absolute Gasteiger partial charge is 0.357 e. The molecule has 1 N–H and O–H groups in total. The van der Waals surface area contributed by atoms with Gasteiger partial charge in [0, 0.05) is 54.7 Å². The highest BCUT2D eigenvalue weighted by molar-refractivity contribution is 5.89. The Morgan fingerprint density at radius 2 is 1.88 bits per heavy atom. The van der Waals surface area contributed by atoms with Crippen LogP contribution in [0.3, 0.4) is 0 Å². The molecule has 0 bridgehead atoms. The summed E-state index contributed by atoms with van der Waals surface area (Å²) in [6, 6.07) is 12.5. The second-order valence-corrected chi connectivity index (χ2v) is 8.70. The number of nitrogens with zero attached hydrogens (tertiary/aromatic N) is 5. The lowest BCUT2D eigenvalue weighted by molar-refractivity contribution is 0.436. The van der Waals surface area contributed by atoms with Crippen LogP contribution in [0.1, 0.15) is 25.3 Å². The van der Waals surface area contributed by atoms with Crippen molar-refractivity contribution in [2.75, 3.05) is 23.3 Å². The molecule has 0 unspecified atom stereocenters. The van der Waals surface area contributed by atoms with Gasteiger partial charge in [-0.3, -0.25) is 0 Å². The first-order valence-electron chi connectivity index (χ1n) is 11.1. The number of aryl methyl sites for hydroxylation is 1.